The van der Waals surface area contributed by atoms with Crippen molar-refractivity contribution in [3.63, 3.8) is 0 Å². The lowest BCUT2D eigenvalue weighted by Crippen LogP contribution is -2.25. The third-order valence-electron chi connectivity index (χ3n) is 2.63. The molecule has 0 saturated carbocycles. The van der Waals surface area contributed by atoms with Gasteiger partial charge in [0, 0.05) is 19.2 Å². The number of hydrogen-bond acceptors (Lipinski definition) is 5. The molecular formula is C12H21N3O2. The lowest BCUT2D eigenvalue weighted by molar-refractivity contribution is 0.220. The highest BCUT2D eigenvalue weighted by atomic mass is 16.5. The van der Waals surface area contributed by atoms with Gasteiger partial charge in [0.25, 0.3) is 0 Å². The number of aromatic nitrogens is 1. The first-order valence-corrected chi connectivity index (χ1v) is 5.64. The maximum Gasteiger partial charge on any atom is 0.215 e. The highest BCUT2D eigenvalue weighted by Gasteiger charge is 2.17. The molecule has 17 heavy (non-hydrogen) atoms. The molecule has 0 aliphatic rings. The molecule has 4 N–H and O–H groups in total. The molecule has 1 aromatic rings. The summed E-state index contributed by atoms with van der Waals surface area (Å²) in [4.78, 5) is 4.23. The number of aliphatic hydroxyl groups excluding tert-OH is 1. The van der Waals surface area contributed by atoms with E-state index in [1.807, 2.05) is 0 Å². The Labute approximate surface area is 102 Å². The first-order chi connectivity index (χ1) is 7.98. The molecule has 1 heterocycles. The van der Waals surface area contributed by atoms with Crippen LogP contribution in [0.5, 0.6) is 5.88 Å². The van der Waals surface area contributed by atoms with Gasteiger partial charge in [0.1, 0.15) is 0 Å². The molecule has 0 amide bonds. The molecule has 5 nitrogen and oxygen atoms in total. The van der Waals surface area contributed by atoms with Crippen molar-refractivity contribution in [1.82, 2.24) is 4.98 Å². The minimum atomic E-state index is -0.00799. The molecule has 0 unspecified atom stereocenters. The zero-order valence-electron chi connectivity index (χ0n) is 10.7. The van der Waals surface area contributed by atoms with Gasteiger partial charge in [-0.15, -0.1) is 0 Å². The fourth-order valence-electron chi connectivity index (χ4n) is 1.42. The molecule has 0 bridgehead atoms. The highest BCUT2D eigenvalue weighted by molar-refractivity contribution is 5.61. The lowest BCUT2D eigenvalue weighted by atomic mass is 9.90. The van der Waals surface area contributed by atoms with Crippen LogP contribution >= 0.6 is 0 Å². The second kappa shape index (κ2) is 5.72. The van der Waals surface area contributed by atoms with E-state index >= 15 is 0 Å². The zero-order valence-corrected chi connectivity index (χ0v) is 10.7. The number of pyridine rings is 1. The fraction of sp³-hybridized carbons (Fsp3) is 0.583. The number of hydrogen-bond donors (Lipinski definition) is 3. The van der Waals surface area contributed by atoms with E-state index < -0.39 is 0 Å². The number of nitrogens with zero attached hydrogens (tertiary/aromatic N) is 1. The quantitative estimate of drug-likeness (QED) is 0.701. The SMILES string of the molecule is COc1ccc(N)c(NCC(C)(C)CCO)n1. The molecule has 0 spiro atoms. The van der Waals surface area contributed by atoms with Crippen LogP contribution in [0.1, 0.15) is 20.3 Å². The second-order valence-corrected chi connectivity index (χ2v) is 4.78. The van der Waals surface area contributed by atoms with Gasteiger partial charge in [0.05, 0.1) is 12.8 Å². The van der Waals surface area contributed by atoms with Crippen LogP contribution in [-0.4, -0.2) is 30.4 Å². The Morgan fingerprint density at radius 3 is 2.76 bits per heavy atom. The normalized spacial score (nSPS) is 11.3. The third-order valence-corrected chi connectivity index (χ3v) is 2.63. The van der Waals surface area contributed by atoms with Crippen LogP contribution in [0, 0.1) is 5.41 Å². The number of methoxy groups -OCH3 is 1. The fourth-order valence-corrected chi connectivity index (χ4v) is 1.42. The van der Waals surface area contributed by atoms with E-state index in [2.05, 4.69) is 24.1 Å². The van der Waals surface area contributed by atoms with Gasteiger partial charge in [-0.25, -0.2) is 0 Å². The average molecular weight is 239 g/mol. The van der Waals surface area contributed by atoms with Crippen molar-refractivity contribution in [2.24, 2.45) is 5.41 Å². The van der Waals surface area contributed by atoms with E-state index in [0.29, 0.717) is 23.9 Å². The Bertz CT molecular complexity index is 367. The van der Waals surface area contributed by atoms with E-state index in [1.165, 1.54) is 0 Å². The second-order valence-electron chi connectivity index (χ2n) is 4.78. The Morgan fingerprint density at radius 2 is 2.18 bits per heavy atom. The highest BCUT2D eigenvalue weighted by Crippen LogP contribution is 2.24. The maximum atomic E-state index is 8.95. The molecule has 0 aliphatic heterocycles. The number of nitrogens with one attached hydrogen (secondary N) is 1. The molecule has 0 aromatic carbocycles. The van der Waals surface area contributed by atoms with E-state index in [-0.39, 0.29) is 12.0 Å². The van der Waals surface area contributed by atoms with Gasteiger partial charge < -0.3 is 20.9 Å². The number of nitrogen functional groups attached to an aromatic ring is 1. The van der Waals surface area contributed by atoms with Gasteiger partial charge in [-0.2, -0.15) is 4.98 Å². The number of rotatable bonds is 6. The molecule has 0 atom stereocenters. The number of nitrogens with two attached hydrogens (primary N) is 1. The summed E-state index contributed by atoms with van der Waals surface area (Å²) in [6.45, 7) is 5.02. The molecule has 96 valence electrons. The van der Waals surface area contributed by atoms with E-state index in [0.717, 1.165) is 6.42 Å². The molecule has 0 fully saturated rings. The maximum absolute atomic E-state index is 8.95. The van der Waals surface area contributed by atoms with Crippen molar-refractivity contribution in [2.45, 2.75) is 20.3 Å². The van der Waals surface area contributed by atoms with Crippen molar-refractivity contribution in [2.75, 3.05) is 31.3 Å². The third kappa shape index (κ3) is 4.11. The molecular weight excluding hydrogens is 218 g/mol. The molecule has 0 radical (unpaired) electrons. The lowest BCUT2D eigenvalue weighted by Gasteiger charge is -2.24. The first-order valence-electron chi connectivity index (χ1n) is 5.64. The first kappa shape index (κ1) is 13.6. The van der Waals surface area contributed by atoms with Crippen molar-refractivity contribution < 1.29 is 9.84 Å². The minimum absolute atomic E-state index is 0.00799. The van der Waals surface area contributed by atoms with Gasteiger partial charge in [-0.05, 0) is 17.9 Å². The van der Waals surface area contributed by atoms with Crippen LogP contribution in [0.4, 0.5) is 11.5 Å². The van der Waals surface area contributed by atoms with Gasteiger partial charge in [0.2, 0.25) is 5.88 Å². The van der Waals surface area contributed by atoms with Crippen LogP contribution < -0.4 is 15.8 Å². The Balaban J connectivity index is 2.68. The van der Waals surface area contributed by atoms with Crippen LogP contribution in [0.25, 0.3) is 0 Å². The summed E-state index contributed by atoms with van der Waals surface area (Å²) in [5, 5.41) is 12.1. The predicted octanol–water partition coefficient (Wildman–Crippen LogP) is 1.49. The summed E-state index contributed by atoms with van der Waals surface area (Å²) in [5.74, 6) is 1.15. The van der Waals surface area contributed by atoms with Crippen LogP contribution in [0.15, 0.2) is 12.1 Å². The Kier molecular flexibility index (Phi) is 4.57. The van der Waals surface area contributed by atoms with Crippen LogP contribution in [0.2, 0.25) is 0 Å². The molecule has 0 saturated heterocycles. The van der Waals surface area contributed by atoms with Crippen molar-refractivity contribution in [3.8, 4) is 5.88 Å². The van der Waals surface area contributed by atoms with E-state index in [1.54, 1.807) is 19.2 Å². The van der Waals surface area contributed by atoms with Gasteiger partial charge in [-0.3, -0.25) is 0 Å². The summed E-state index contributed by atoms with van der Waals surface area (Å²) in [6, 6.07) is 3.48. The molecule has 0 aliphatic carbocycles. The topological polar surface area (TPSA) is 80.4 Å². The summed E-state index contributed by atoms with van der Waals surface area (Å²) in [5.41, 5.74) is 6.40. The predicted molar refractivity (Wildman–Crippen MR) is 69.2 cm³/mol. The molecule has 1 rings (SSSR count). The van der Waals surface area contributed by atoms with Crippen molar-refractivity contribution >= 4 is 11.5 Å². The van der Waals surface area contributed by atoms with E-state index in [9.17, 15) is 0 Å². The zero-order chi connectivity index (χ0) is 12.9. The Hall–Kier alpha value is -1.49. The van der Waals surface area contributed by atoms with Crippen molar-refractivity contribution in [3.05, 3.63) is 12.1 Å². The van der Waals surface area contributed by atoms with Crippen molar-refractivity contribution in [1.29, 1.82) is 0 Å². The average Bonchev–Trinajstić information content (AvgIpc) is 2.28. The summed E-state index contributed by atoms with van der Waals surface area (Å²) in [7, 11) is 1.57. The Morgan fingerprint density at radius 1 is 1.47 bits per heavy atom. The van der Waals surface area contributed by atoms with Gasteiger partial charge in [-0.1, -0.05) is 13.8 Å². The van der Waals surface area contributed by atoms with E-state index in [4.69, 9.17) is 15.6 Å². The smallest absolute Gasteiger partial charge is 0.215 e. The van der Waals surface area contributed by atoms with Crippen LogP contribution in [-0.2, 0) is 0 Å². The largest absolute Gasteiger partial charge is 0.481 e. The monoisotopic (exact) mass is 239 g/mol. The number of ether oxygens (including phenoxy) is 1. The molecule has 5 heteroatoms. The minimum Gasteiger partial charge on any atom is -0.481 e. The summed E-state index contributed by atoms with van der Waals surface area (Å²) >= 11 is 0. The van der Waals surface area contributed by atoms with Gasteiger partial charge in [0.15, 0.2) is 5.82 Å². The summed E-state index contributed by atoms with van der Waals surface area (Å²) < 4.78 is 5.04. The summed E-state index contributed by atoms with van der Waals surface area (Å²) in [6.07, 6.45) is 0.726. The van der Waals surface area contributed by atoms with Crippen LogP contribution in [0.3, 0.4) is 0 Å². The number of anilines is 2. The van der Waals surface area contributed by atoms with Gasteiger partial charge >= 0.3 is 0 Å². The standard InChI is InChI=1S/C12H21N3O2/c1-12(2,6-7-16)8-14-11-9(13)4-5-10(15-11)17-3/h4-5,16H,6-8,13H2,1-3H3,(H,14,15). The number of aliphatic hydroxyl groups is 1. The molecule has 1 aromatic heterocycles.